The Bertz CT molecular complexity index is 514. The first kappa shape index (κ1) is 10.9. The molecule has 2 aromatic heterocycles. The predicted molar refractivity (Wildman–Crippen MR) is 58.4 cm³/mol. The first-order chi connectivity index (χ1) is 7.83. The molecule has 2 heterocycles. The molecule has 0 aliphatic rings. The number of aromatic nitrogens is 1. The van der Waals surface area contributed by atoms with Crippen LogP contribution < -0.4 is 5.56 Å². The Morgan fingerprint density at radius 3 is 3.06 bits per heavy atom. The van der Waals surface area contributed by atoms with Crippen LogP contribution in [0.2, 0.25) is 0 Å². The van der Waals surface area contributed by atoms with Crippen LogP contribution in [0.3, 0.4) is 0 Å². The molecule has 5 nitrogen and oxygen atoms in total. The van der Waals surface area contributed by atoms with E-state index >= 15 is 0 Å². The lowest BCUT2D eigenvalue weighted by atomic mass is 10.3. The molecule has 0 aromatic carbocycles. The second kappa shape index (κ2) is 4.96. The van der Waals surface area contributed by atoms with Crippen molar-refractivity contribution in [2.45, 2.75) is 6.54 Å². The van der Waals surface area contributed by atoms with E-state index in [2.05, 4.69) is 0 Å². The minimum atomic E-state index is -0.0844. The van der Waals surface area contributed by atoms with Gasteiger partial charge in [0.05, 0.1) is 31.5 Å². The van der Waals surface area contributed by atoms with Crippen molar-refractivity contribution < 1.29 is 14.3 Å². The van der Waals surface area contributed by atoms with Crippen molar-refractivity contribution >= 4 is 11.0 Å². The van der Waals surface area contributed by atoms with Gasteiger partial charge in [0, 0.05) is 12.7 Å². The highest BCUT2D eigenvalue weighted by atomic mass is 16.5. The van der Waals surface area contributed by atoms with E-state index in [9.17, 15) is 4.79 Å². The second-order valence-corrected chi connectivity index (χ2v) is 3.35. The minimum absolute atomic E-state index is 0.00430. The van der Waals surface area contributed by atoms with Crippen LogP contribution in [0.25, 0.3) is 11.0 Å². The number of rotatable bonds is 5. The first-order valence-corrected chi connectivity index (χ1v) is 5.08. The Balaban J connectivity index is 2.12. The van der Waals surface area contributed by atoms with Crippen molar-refractivity contribution in [1.29, 1.82) is 0 Å². The van der Waals surface area contributed by atoms with Gasteiger partial charge in [-0.15, -0.1) is 0 Å². The molecule has 0 atom stereocenters. The molecule has 86 valence electrons. The lowest BCUT2D eigenvalue weighted by Gasteiger charge is -2.05. The van der Waals surface area contributed by atoms with Gasteiger partial charge < -0.3 is 18.8 Å². The lowest BCUT2D eigenvalue weighted by molar-refractivity contribution is 0.0866. The standard InChI is InChI=1S/C11H13NO4/c13-5-8-15-7-4-12-3-1-10-9(11(12)14)2-6-16-10/h1-3,6,13H,4-5,7-8H2. The van der Waals surface area contributed by atoms with Gasteiger partial charge >= 0.3 is 0 Å². The smallest absolute Gasteiger partial charge is 0.261 e. The lowest BCUT2D eigenvalue weighted by Crippen LogP contribution is -2.21. The zero-order valence-corrected chi connectivity index (χ0v) is 8.76. The fourth-order valence-corrected chi connectivity index (χ4v) is 1.51. The third-order valence-corrected chi connectivity index (χ3v) is 2.30. The number of aliphatic hydroxyl groups is 1. The van der Waals surface area contributed by atoms with Gasteiger partial charge in [0.1, 0.15) is 5.58 Å². The van der Waals surface area contributed by atoms with Gasteiger partial charge in [0.15, 0.2) is 0 Å². The van der Waals surface area contributed by atoms with Crippen LogP contribution in [0.1, 0.15) is 0 Å². The van der Waals surface area contributed by atoms with E-state index < -0.39 is 0 Å². The maximum absolute atomic E-state index is 11.9. The molecule has 0 saturated heterocycles. The van der Waals surface area contributed by atoms with E-state index in [1.54, 1.807) is 22.9 Å². The summed E-state index contributed by atoms with van der Waals surface area (Å²) in [5.41, 5.74) is 0.511. The highest BCUT2D eigenvalue weighted by Gasteiger charge is 2.04. The van der Waals surface area contributed by atoms with Crippen LogP contribution in [0, 0.1) is 0 Å². The largest absolute Gasteiger partial charge is 0.464 e. The fraction of sp³-hybridized carbons (Fsp3) is 0.364. The number of ether oxygens (including phenoxy) is 1. The highest BCUT2D eigenvalue weighted by Crippen LogP contribution is 2.09. The van der Waals surface area contributed by atoms with Gasteiger partial charge in [-0.1, -0.05) is 0 Å². The second-order valence-electron chi connectivity index (χ2n) is 3.35. The van der Waals surface area contributed by atoms with Gasteiger partial charge in [-0.05, 0) is 12.1 Å². The van der Waals surface area contributed by atoms with Crippen molar-refractivity contribution in [2.24, 2.45) is 0 Å². The van der Waals surface area contributed by atoms with Crippen LogP contribution in [-0.4, -0.2) is 29.5 Å². The predicted octanol–water partition coefficient (Wildman–Crippen LogP) is 0.603. The molecular formula is C11H13NO4. The van der Waals surface area contributed by atoms with E-state index in [4.69, 9.17) is 14.3 Å². The summed E-state index contributed by atoms with van der Waals surface area (Å²) < 4.78 is 11.8. The molecule has 0 unspecified atom stereocenters. The number of nitrogens with zero attached hydrogens (tertiary/aromatic N) is 1. The maximum atomic E-state index is 11.9. The number of fused-ring (bicyclic) bond motifs is 1. The van der Waals surface area contributed by atoms with Gasteiger partial charge in [-0.25, -0.2) is 0 Å². The van der Waals surface area contributed by atoms with Crippen molar-refractivity contribution in [3.63, 3.8) is 0 Å². The number of aliphatic hydroxyl groups excluding tert-OH is 1. The summed E-state index contributed by atoms with van der Waals surface area (Å²) in [5.74, 6) is 0. The Morgan fingerprint density at radius 1 is 1.38 bits per heavy atom. The number of hydrogen-bond donors (Lipinski definition) is 1. The normalized spacial score (nSPS) is 11.1. The zero-order chi connectivity index (χ0) is 11.4. The Hall–Kier alpha value is -1.59. The average molecular weight is 223 g/mol. The summed E-state index contributed by atoms with van der Waals surface area (Å²) in [7, 11) is 0. The van der Waals surface area contributed by atoms with Gasteiger partial charge in [0.25, 0.3) is 5.56 Å². The van der Waals surface area contributed by atoms with Crippen molar-refractivity contribution in [3.8, 4) is 0 Å². The van der Waals surface area contributed by atoms with Gasteiger partial charge in [-0.2, -0.15) is 0 Å². The molecule has 0 fully saturated rings. The summed E-state index contributed by atoms with van der Waals surface area (Å²) in [6.45, 7) is 1.17. The molecule has 0 bridgehead atoms. The molecular weight excluding hydrogens is 210 g/mol. The molecule has 0 aliphatic carbocycles. The Kier molecular flexibility index (Phi) is 3.38. The van der Waals surface area contributed by atoms with Crippen LogP contribution >= 0.6 is 0 Å². The third kappa shape index (κ3) is 2.15. The fourth-order valence-electron chi connectivity index (χ4n) is 1.51. The summed E-state index contributed by atoms with van der Waals surface area (Å²) in [6, 6.07) is 3.41. The van der Waals surface area contributed by atoms with E-state index in [-0.39, 0.29) is 12.2 Å². The van der Waals surface area contributed by atoms with E-state index in [0.29, 0.717) is 30.7 Å². The summed E-state index contributed by atoms with van der Waals surface area (Å²) in [5, 5.41) is 9.10. The summed E-state index contributed by atoms with van der Waals surface area (Å²) >= 11 is 0. The summed E-state index contributed by atoms with van der Waals surface area (Å²) in [6.07, 6.45) is 3.18. The molecule has 0 saturated carbocycles. The van der Waals surface area contributed by atoms with Crippen LogP contribution in [0.5, 0.6) is 0 Å². The molecule has 0 amide bonds. The number of pyridine rings is 1. The molecule has 5 heteroatoms. The van der Waals surface area contributed by atoms with Crippen molar-refractivity contribution in [1.82, 2.24) is 4.57 Å². The monoisotopic (exact) mass is 223 g/mol. The average Bonchev–Trinajstić information content (AvgIpc) is 2.76. The number of furan rings is 1. The van der Waals surface area contributed by atoms with Crippen molar-refractivity contribution in [2.75, 3.05) is 19.8 Å². The molecule has 16 heavy (non-hydrogen) atoms. The summed E-state index contributed by atoms with van der Waals surface area (Å²) in [4.78, 5) is 11.9. The molecule has 0 aliphatic heterocycles. The Labute approximate surface area is 91.9 Å². The third-order valence-electron chi connectivity index (χ3n) is 2.30. The molecule has 0 spiro atoms. The maximum Gasteiger partial charge on any atom is 0.261 e. The number of hydrogen-bond acceptors (Lipinski definition) is 4. The zero-order valence-electron chi connectivity index (χ0n) is 8.76. The Morgan fingerprint density at radius 2 is 2.25 bits per heavy atom. The van der Waals surface area contributed by atoms with E-state index in [1.165, 1.54) is 6.26 Å². The van der Waals surface area contributed by atoms with Crippen molar-refractivity contribution in [3.05, 3.63) is 34.9 Å². The minimum Gasteiger partial charge on any atom is -0.464 e. The van der Waals surface area contributed by atoms with Crippen LogP contribution in [0.4, 0.5) is 0 Å². The topological polar surface area (TPSA) is 64.6 Å². The van der Waals surface area contributed by atoms with E-state index in [1.807, 2.05) is 0 Å². The molecule has 0 radical (unpaired) electrons. The molecule has 2 rings (SSSR count). The van der Waals surface area contributed by atoms with Crippen LogP contribution in [0.15, 0.2) is 33.8 Å². The molecule has 2 aromatic rings. The first-order valence-electron chi connectivity index (χ1n) is 5.08. The van der Waals surface area contributed by atoms with Gasteiger partial charge in [0.2, 0.25) is 0 Å². The highest BCUT2D eigenvalue weighted by molar-refractivity contribution is 5.75. The molecule has 1 N–H and O–H groups in total. The quantitative estimate of drug-likeness (QED) is 0.754. The van der Waals surface area contributed by atoms with E-state index in [0.717, 1.165) is 0 Å². The van der Waals surface area contributed by atoms with Crippen LogP contribution in [-0.2, 0) is 11.3 Å². The van der Waals surface area contributed by atoms with Gasteiger partial charge in [-0.3, -0.25) is 4.79 Å². The SMILES string of the molecule is O=c1c2ccoc2ccn1CCOCCO.